The maximum absolute atomic E-state index is 12.5. The zero-order chi connectivity index (χ0) is 16.9. The number of carbonyl (C=O) groups excluding carboxylic acids is 2. The van der Waals surface area contributed by atoms with E-state index in [9.17, 15) is 9.59 Å². The Morgan fingerprint density at radius 1 is 1.12 bits per heavy atom. The van der Waals surface area contributed by atoms with Crippen LogP contribution >= 0.6 is 23.7 Å². The summed E-state index contributed by atoms with van der Waals surface area (Å²) in [6.07, 6.45) is 4.00. The van der Waals surface area contributed by atoms with Crippen molar-refractivity contribution in [2.24, 2.45) is 5.73 Å². The van der Waals surface area contributed by atoms with Gasteiger partial charge in [0.25, 0.3) is 11.8 Å². The number of nitrogens with two attached hydrogens (primary N) is 1. The fourth-order valence-corrected chi connectivity index (χ4v) is 3.65. The first kappa shape index (κ1) is 19.4. The van der Waals surface area contributed by atoms with Crippen LogP contribution in [0.5, 0.6) is 0 Å². The van der Waals surface area contributed by atoms with Crippen molar-refractivity contribution in [1.82, 2.24) is 5.32 Å². The highest BCUT2D eigenvalue weighted by Crippen LogP contribution is 2.26. The molecule has 2 amide bonds. The maximum atomic E-state index is 12.5. The van der Waals surface area contributed by atoms with Gasteiger partial charge in [0.1, 0.15) is 5.00 Å². The van der Waals surface area contributed by atoms with Crippen molar-refractivity contribution in [2.45, 2.75) is 25.7 Å². The molecule has 0 spiro atoms. The number of nitrogens with one attached hydrogen (secondary N) is 2. The highest BCUT2D eigenvalue weighted by atomic mass is 35.5. The van der Waals surface area contributed by atoms with Crippen LogP contribution in [-0.2, 0) is 12.8 Å². The molecule has 0 fully saturated rings. The molecule has 3 rings (SSSR count). The molecule has 134 valence electrons. The fourth-order valence-electron chi connectivity index (χ4n) is 2.87. The van der Waals surface area contributed by atoms with Gasteiger partial charge in [-0.15, -0.1) is 23.7 Å². The lowest BCUT2D eigenvalue weighted by molar-refractivity contribution is 0.0954. The van der Waals surface area contributed by atoms with Crippen molar-refractivity contribution in [3.63, 3.8) is 0 Å². The molecule has 0 saturated heterocycles. The van der Waals surface area contributed by atoms with Crippen LogP contribution in [0.2, 0.25) is 0 Å². The average Bonchev–Trinajstić information content (AvgIpc) is 3.23. The summed E-state index contributed by atoms with van der Waals surface area (Å²) in [5.41, 5.74) is 9.15. The summed E-state index contributed by atoms with van der Waals surface area (Å²) in [7, 11) is 0. The third-order valence-electron chi connectivity index (χ3n) is 4.16. The van der Waals surface area contributed by atoms with Crippen LogP contribution in [0.1, 0.15) is 44.7 Å². The molecule has 2 aromatic rings. The SMILES string of the molecule is Cl.NCCCNC(=O)c1ccsc1NC(=O)c1ccc2c(c1)CCC2. The second kappa shape index (κ2) is 8.99. The molecule has 0 atom stereocenters. The zero-order valence-electron chi connectivity index (χ0n) is 13.8. The van der Waals surface area contributed by atoms with Crippen LogP contribution in [0.3, 0.4) is 0 Å². The van der Waals surface area contributed by atoms with Gasteiger partial charge < -0.3 is 16.4 Å². The van der Waals surface area contributed by atoms with Crippen LogP contribution in [0.25, 0.3) is 0 Å². The first-order chi connectivity index (χ1) is 11.7. The third kappa shape index (κ3) is 4.60. The molecule has 1 aromatic heterocycles. The van der Waals surface area contributed by atoms with Crippen LogP contribution < -0.4 is 16.4 Å². The lowest BCUT2D eigenvalue weighted by atomic mass is 10.1. The number of benzene rings is 1. The molecule has 1 aromatic carbocycles. The molecule has 5 nitrogen and oxygen atoms in total. The minimum atomic E-state index is -0.186. The molecule has 0 unspecified atom stereocenters. The van der Waals surface area contributed by atoms with E-state index in [1.807, 2.05) is 18.2 Å². The number of thiophene rings is 1. The van der Waals surface area contributed by atoms with Crippen molar-refractivity contribution < 1.29 is 9.59 Å². The van der Waals surface area contributed by atoms with Crippen molar-refractivity contribution in [3.05, 3.63) is 51.9 Å². The predicted octanol–water partition coefficient (Wildman–Crippen LogP) is 2.99. The Bertz CT molecular complexity index is 761. The van der Waals surface area contributed by atoms with Gasteiger partial charge in [-0.05, 0) is 66.9 Å². The van der Waals surface area contributed by atoms with Crippen molar-refractivity contribution in [2.75, 3.05) is 18.4 Å². The zero-order valence-corrected chi connectivity index (χ0v) is 15.5. The minimum Gasteiger partial charge on any atom is -0.352 e. The van der Waals surface area contributed by atoms with Gasteiger partial charge in [0.2, 0.25) is 0 Å². The molecule has 0 bridgehead atoms. The first-order valence-electron chi connectivity index (χ1n) is 8.18. The summed E-state index contributed by atoms with van der Waals surface area (Å²) >= 11 is 1.35. The highest BCUT2D eigenvalue weighted by molar-refractivity contribution is 7.14. The second-order valence-corrected chi connectivity index (χ2v) is 6.77. The predicted molar refractivity (Wildman–Crippen MR) is 104 cm³/mol. The standard InChI is InChI=1S/C18H21N3O2S.ClH/c19-8-2-9-20-17(23)15-7-10-24-18(15)21-16(22)14-6-5-12-3-1-4-13(12)11-14;/h5-7,10-11H,1-4,8-9,19H2,(H,20,23)(H,21,22);1H. The van der Waals surface area contributed by atoms with E-state index in [0.29, 0.717) is 29.2 Å². The van der Waals surface area contributed by atoms with Gasteiger partial charge in [-0.1, -0.05) is 6.07 Å². The Labute approximate surface area is 157 Å². The van der Waals surface area contributed by atoms with Gasteiger partial charge in [-0.25, -0.2) is 0 Å². The Morgan fingerprint density at radius 3 is 2.72 bits per heavy atom. The number of rotatable bonds is 6. The molecule has 1 aliphatic rings. The van der Waals surface area contributed by atoms with Crippen molar-refractivity contribution in [3.8, 4) is 0 Å². The summed E-state index contributed by atoms with van der Waals surface area (Å²) in [6.45, 7) is 1.06. The topological polar surface area (TPSA) is 84.2 Å². The summed E-state index contributed by atoms with van der Waals surface area (Å²) in [4.78, 5) is 24.7. The number of aryl methyl sites for hydroxylation is 2. The van der Waals surface area contributed by atoms with Crippen LogP contribution in [0, 0.1) is 0 Å². The third-order valence-corrected chi connectivity index (χ3v) is 4.99. The van der Waals surface area contributed by atoms with Crippen LogP contribution in [0.15, 0.2) is 29.6 Å². The normalized spacial score (nSPS) is 12.2. The Morgan fingerprint density at radius 2 is 1.92 bits per heavy atom. The Kier molecular flexibility index (Phi) is 6.99. The van der Waals surface area contributed by atoms with Gasteiger partial charge in [0, 0.05) is 12.1 Å². The van der Waals surface area contributed by atoms with Gasteiger partial charge >= 0.3 is 0 Å². The van der Waals surface area contributed by atoms with Gasteiger partial charge in [-0.2, -0.15) is 0 Å². The number of carbonyl (C=O) groups is 2. The Balaban J connectivity index is 0.00000225. The maximum Gasteiger partial charge on any atom is 0.256 e. The quantitative estimate of drug-likeness (QED) is 0.674. The summed E-state index contributed by atoms with van der Waals surface area (Å²) in [5.74, 6) is -0.364. The summed E-state index contributed by atoms with van der Waals surface area (Å²) in [6, 6.07) is 7.58. The van der Waals surface area contributed by atoms with Crippen LogP contribution in [0.4, 0.5) is 5.00 Å². The number of fused-ring (bicyclic) bond motifs is 1. The number of hydrogen-bond acceptors (Lipinski definition) is 4. The van der Waals surface area contributed by atoms with E-state index >= 15 is 0 Å². The van der Waals surface area contributed by atoms with E-state index in [2.05, 4.69) is 10.6 Å². The molecule has 25 heavy (non-hydrogen) atoms. The number of hydrogen-bond donors (Lipinski definition) is 3. The van der Waals surface area contributed by atoms with E-state index in [1.54, 1.807) is 11.4 Å². The van der Waals surface area contributed by atoms with E-state index in [4.69, 9.17) is 5.73 Å². The smallest absolute Gasteiger partial charge is 0.256 e. The molecule has 0 aliphatic heterocycles. The van der Waals surface area contributed by atoms with Crippen LogP contribution in [-0.4, -0.2) is 24.9 Å². The fraction of sp³-hybridized carbons (Fsp3) is 0.333. The second-order valence-electron chi connectivity index (χ2n) is 5.85. The van der Waals surface area contributed by atoms with Crippen molar-refractivity contribution >= 4 is 40.6 Å². The summed E-state index contributed by atoms with van der Waals surface area (Å²) in [5, 5.41) is 8.05. The minimum absolute atomic E-state index is 0. The molecule has 1 aliphatic carbocycles. The number of halogens is 1. The summed E-state index contributed by atoms with van der Waals surface area (Å²) < 4.78 is 0. The molecule has 0 radical (unpaired) electrons. The monoisotopic (exact) mass is 379 g/mol. The highest BCUT2D eigenvalue weighted by Gasteiger charge is 2.17. The largest absolute Gasteiger partial charge is 0.352 e. The molecule has 4 N–H and O–H groups in total. The lowest BCUT2D eigenvalue weighted by Crippen LogP contribution is -2.26. The number of anilines is 1. The number of amides is 2. The Hall–Kier alpha value is -1.89. The van der Waals surface area contributed by atoms with Gasteiger partial charge in [0.05, 0.1) is 5.56 Å². The van der Waals surface area contributed by atoms with Crippen molar-refractivity contribution in [1.29, 1.82) is 0 Å². The molecular formula is C18H22ClN3O2S. The van der Waals surface area contributed by atoms with E-state index in [0.717, 1.165) is 25.7 Å². The molecule has 7 heteroatoms. The molecule has 1 heterocycles. The van der Waals surface area contributed by atoms with E-state index < -0.39 is 0 Å². The average molecular weight is 380 g/mol. The lowest BCUT2D eigenvalue weighted by Gasteiger charge is -2.08. The first-order valence-corrected chi connectivity index (χ1v) is 9.06. The van der Waals surface area contributed by atoms with E-state index in [-0.39, 0.29) is 24.2 Å². The molecular weight excluding hydrogens is 358 g/mol. The van der Waals surface area contributed by atoms with E-state index in [1.165, 1.54) is 22.5 Å². The van der Waals surface area contributed by atoms with Gasteiger partial charge in [0.15, 0.2) is 0 Å². The van der Waals surface area contributed by atoms with Gasteiger partial charge in [-0.3, -0.25) is 9.59 Å². The molecule has 0 saturated carbocycles.